The molecule has 2 unspecified atom stereocenters. The standard InChI is InChI=1S/C16H25NO2/c1-3-9-17-13(2)15-4-6-16(7-5-15)19-12-14-8-10-18-11-14/h4-7,13-14,17H,3,8-12H2,1-2H3. The second kappa shape index (κ2) is 7.51. The van der Waals surface area contributed by atoms with Gasteiger partial charge in [0.05, 0.1) is 13.2 Å². The molecule has 1 aromatic carbocycles. The number of rotatable bonds is 7. The Balaban J connectivity index is 1.80. The van der Waals surface area contributed by atoms with Crippen molar-refractivity contribution in [3.05, 3.63) is 29.8 Å². The summed E-state index contributed by atoms with van der Waals surface area (Å²) in [7, 11) is 0. The molecule has 0 radical (unpaired) electrons. The van der Waals surface area contributed by atoms with Crippen LogP contribution >= 0.6 is 0 Å². The third kappa shape index (κ3) is 4.51. The molecular formula is C16H25NO2. The molecule has 1 N–H and O–H groups in total. The number of hydrogen-bond acceptors (Lipinski definition) is 3. The topological polar surface area (TPSA) is 30.5 Å². The normalized spacial score (nSPS) is 20.4. The molecule has 0 aromatic heterocycles. The van der Waals surface area contributed by atoms with E-state index >= 15 is 0 Å². The predicted octanol–water partition coefficient (Wildman–Crippen LogP) is 3.16. The Morgan fingerprint density at radius 3 is 2.79 bits per heavy atom. The molecule has 0 amide bonds. The van der Waals surface area contributed by atoms with Gasteiger partial charge in [-0.25, -0.2) is 0 Å². The van der Waals surface area contributed by atoms with Crippen molar-refractivity contribution >= 4 is 0 Å². The highest BCUT2D eigenvalue weighted by Crippen LogP contribution is 2.19. The van der Waals surface area contributed by atoms with Gasteiger partial charge in [-0.3, -0.25) is 0 Å². The van der Waals surface area contributed by atoms with Gasteiger partial charge in [0.25, 0.3) is 0 Å². The minimum Gasteiger partial charge on any atom is -0.493 e. The van der Waals surface area contributed by atoms with Gasteiger partial charge < -0.3 is 14.8 Å². The van der Waals surface area contributed by atoms with E-state index in [-0.39, 0.29) is 0 Å². The van der Waals surface area contributed by atoms with Crippen LogP contribution in [-0.2, 0) is 4.74 Å². The molecule has 0 bridgehead atoms. The quantitative estimate of drug-likeness (QED) is 0.819. The summed E-state index contributed by atoms with van der Waals surface area (Å²) in [6.45, 7) is 7.93. The van der Waals surface area contributed by atoms with Crippen LogP contribution in [0.4, 0.5) is 0 Å². The maximum atomic E-state index is 5.81. The Labute approximate surface area is 116 Å². The maximum absolute atomic E-state index is 5.81. The van der Waals surface area contributed by atoms with Crippen molar-refractivity contribution in [1.29, 1.82) is 0 Å². The number of ether oxygens (including phenoxy) is 2. The van der Waals surface area contributed by atoms with Crippen molar-refractivity contribution in [2.24, 2.45) is 5.92 Å². The third-order valence-corrected chi connectivity index (χ3v) is 3.59. The summed E-state index contributed by atoms with van der Waals surface area (Å²) < 4.78 is 11.2. The molecule has 0 saturated carbocycles. The molecule has 1 heterocycles. The highest BCUT2D eigenvalue weighted by atomic mass is 16.5. The molecule has 3 nitrogen and oxygen atoms in total. The summed E-state index contributed by atoms with van der Waals surface area (Å²) in [5.41, 5.74) is 1.31. The Hall–Kier alpha value is -1.06. The average molecular weight is 263 g/mol. The van der Waals surface area contributed by atoms with Crippen LogP contribution in [0.2, 0.25) is 0 Å². The van der Waals surface area contributed by atoms with Gasteiger partial charge in [0.2, 0.25) is 0 Å². The summed E-state index contributed by atoms with van der Waals surface area (Å²) in [6, 6.07) is 8.82. The average Bonchev–Trinajstić information content (AvgIpc) is 2.96. The van der Waals surface area contributed by atoms with E-state index in [1.807, 2.05) is 0 Å². The molecule has 2 atom stereocenters. The zero-order chi connectivity index (χ0) is 13.5. The molecule has 2 rings (SSSR count). The maximum Gasteiger partial charge on any atom is 0.119 e. The number of benzene rings is 1. The first-order chi connectivity index (χ1) is 9.29. The first-order valence-corrected chi connectivity index (χ1v) is 7.33. The minimum atomic E-state index is 0.400. The van der Waals surface area contributed by atoms with Gasteiger partial charge in [-0.15, -0.1) is 0 Å². The molecule has 1 fully saturated rings. The van der Waals surface area contributed by atoms with Crippen molar-refractivity contribution in [2.45, 2.75) is 32.7 Å². The van der Waals surface area contributed by atoms with Crippen LogP contribution in [-0.4, -0.2) is 26.4 Å². The second-order valence-electron chi connectivity index (χ2n) is 5.29. The van der Waals surface area contributed by atoms with Gasteiger partial charge >= 0.3 is 0 Å². The smallest absolute Gasteiger partial charge is 0.119 e. The number of nitrogens with one attached hydrogen (secondary N) is 1. The van der Waals surface area contributed by atoms with E-state index in [9.17, 15) is 0 Å². The van der Waals surface area contributed by atoms with E-state index in [0.29, 0.717) is 12.0 Å². The molecule has 1 aliphatic heterocycles. The summed E-state index contributed by atoms with van der Waals surface area (Å²) in [4.78, 5) is 0. The minimum absolute atomic E-state index is 0.400. The lowest BCUT2D eigenvalue weighted by Gasteiger charge is -2.15. The van der Waals surface area contributed by atoms with Crippen molar-refractivity contribution in [3.63, 3.8) is 0 Å². The van der Waals surface area contributed by atoms with E-state index in [1.54, 1.807) is 0 Å². The largest absolute Gasteiger partial charge is 0.493 e. The molecule has 1 aliphatic rings. The Morgan fingerprint density at radius 2 is 2.16 bits per heavy atom. The SMILES string of the molecule is CCCNC(C)c1ccc(OCC2CCOC2)cc1. The zero-order valence-corrected chi connectivity index (χ0v) is 12.0. The van der Waals surface area contributed by atoms with Gasteiger partial charge in [-0.05, 0) is 44.0 Å². The van der Waals surface area contributed by atoms with Crippen LogP contribution < -0.4 is 10.1 Å². The molecule has 0 aliphatic carbocycles. The highest BCUT2D eigenvalue weighted by Gasteiger charge is 2.16. The van der Waals surface area contributed by atoms with Crippen LogP contribution in [0.3, 0.4) is 0 Å². The van der Waals surface area contributed by atoms with Crippen LogP contribution in [0.25, 0.3) is 0 Å². The van der Waals surface area contributed by atoms with E-state index in [2.05, 4.69) is 43.4 Å². The van der Waals surface area contributed by atoms with Crippen molar-refractivity contribution in [2.75, 3.05) is 26.4 Å². The Kier molecular flexibility index (Phi) is 5.67. The van der Waals surface area contributed by atoms with Crippen LogP contribution in [0.15, 0.2) is 24.3 Å². The summed E-state index contributed by atoms with van der Waals surface area (Å²) >= 11 is 0. The van der Waals surface area contributed by atoms with Crippen molar-refractivity contribution < 1.29 is 9.47 Å². The molecule has 1 saturated heterocycles. The molecule has 1 aromatic rings. The van der Waals surface area contributed by atoms with Gasteiger partial charge in [0, 0.05) is 18.6 Å². The van der Waals surface area contributed by atoms with Crippen LogP contribution in [0, 0.1) is 5.92 Å². The Morgan fingerprint density at radius 1 is 1.37 bits per heavy atom. The van der Waals surface area contributed by atoms with Gasteiger partial charge in [0.15, 0.2) is 0 Å². The lowest BCUT2D eigenvalue weighted by molar-refractivity contribution is 0.167. The molecule has 19 heavy (non-hydrogen) atoms. The summed E-state index contributed by atoms with van der Waals surface area (Å²) in [5.74, 6) is 1.52. The molecule has 0 spiro atoms. The van der Waals surface area contributed by atoms with E-state index in [4.69, 9.17) is 9.47 Å². The first kappa shape index (κ1) is 14.4. The van der Waals surface area contributed by atoms with E-state index < -0.39 is 0 Å². The summed E-state index contributed by atoms with van der Waals surface area (Å²) in [6.07, 6.45) is 2.28. The van der Waals surface area contributed by atoms with E-state index in [1.165, 1.54) is 5.56 Å². The lowest BCUT2D eigenvalue weighted by Crippen LogP contribution is -2.19. The van der Waals surface area contributed by atoms with Gasteiger partial charge in [-0.2, -0.15) is 0 Å². The first-order valence-electron chi connectivity index (χ1n) is 7.33. The molecule has 106 valence electrons. The monoisotopic (exact) mass is 263 g/mol. The summed E-state index contributed by atoms with van der Waals surface area (Å²) in [5, 5.41) is 3.49. The lowest BCUT2D eigenvalue weighted by atomic mass is 10.1. The zero-order valence-electron chi connectivity index (χ0n) is 12.0. The highest BCUT2D eigenvalue weighted by molar-refractivity contribution is 5.28. The Bertz CT molecular complexity index is 358. The van der Waals surface area contributed by atoms with Gasteiger partial charge in [-0.1, -0.05) is 19.1 Å². The fourth-order valence-electron chi connectivity index (χ4n) is 2.26. The van der Waals surface area contributed by atoms with Crippen LogP contribution in [0.1, 0.15) is 38.3 Å². The second-order valence-corrected chi connectivity index (χ2v) is 5.29. The van der Waals surface area contributed by atoms with Crippen molar-refractivity contribution in [3.8, 4) is 5.75 Å². The fraction of sp³-hybridized carbons (Fsp3) is 0.625. The molecule has 3 heteroatoms. The predicted molar refractivity (Wildman–Crippen MR) is 77.6 cm³/mol. The number of hydrogen-bond donors (Lipinski definition) is 1. The van der Waals surface area contributed by atoms with Crippen molar-refractivity contribution in [1.82, 2.24) is 5.32 Å². The van der Waals surface area contributed by atoms with E-state index in [0.717, 1.165) is 45.0 Å². The van der Waals surface area contributed by atoms with Gasteiger partial charge in [0.1, 0.15) is 5.75 Å². The fourth-order valence-corrected chi connectivity index (χ4v) is 2.26. The third-order valence-electron chi connectivity index (χ3n) is 3.59. The van der Waals surface area contributed by atoms with Crippen LogP contribution in [0.5, 0.6) is 5.75 Å². The molecular weight excluding hydrogens is 238 g/mol.